The Morgan fingerprint density at radius 1 is 0.760 bits per heavy atom. The maximum absolute atomic E-state index is 11.0. The SMILES string of the molecule is O=C(O)CCc1ccccc1[PH+](c1ccccc1)c1ccccc1.[Br-]. The number of hydrogen-bond donors (Lipinski definition) is 1. The first kappa shape index (κ1) is 19.4. The molecular weight excluding hydrogens is 395 g/mol. The number of halogens is 1. The van der Waals surface area contributed by atoms with Crippen molar-refractivity contribution in [1.29, 1.82) is 0 Å². The maximum atomic E-state index is 11.0. The molecule has 0 aliphatic heterocycles. The number of carboxylic acids is 1. The Bertz CT molecular complexity index is 767. The van der Waals surface area contributed by atoms with Crippen LogP contribution in [0.15, 0.2) is 84.9 Å². The summed E-state index contributed by atoms with van der Waals surface area (Å²) in [6.45, 7) is 0. The van der Waals surface area contributed by atoms with Crippen LogP contribution in [0.1, 0.15) is 12.0 Å². The fraction of sp³-hybridized carbons (Fsp3) is 0.0952. The molecule has 0 amide bonds. The van der Waals surface area contributed by atoms with E-state index in [2.05, 4.69) is 66.7 Å². The molecule has 2 nitrogen and oxygen atoms in total. The van der Waals surface area contributed by atoms with Gasteiger partial charge < -0.3 is 22.1 Å². The molecule has 4 heteroatoms. The molecule has 0 saturated carbocycles. The maximum Gasteiger partial charge on any atom is 0.303 e. The van der Waals surface area contributed by atoms with Crippen molar-refractivity contribution in [1.82, 2.24) is 0 Å². The van der Waals surface area contributed by atoms with Crippen LogP contribution in [0.25, 0.3) is 0 Å². The summed E-state index contributed by atoms with van der Waals surface area (Å²) in [6, 6.07) is 29.3. The molecule has 0 unspecified atom stereocenters. The van der Waals surface area contributed by atoms with E-state index in [4.69, 9.17) is 5.11 Å². The first-order valence-corrected chi connectivity index (χ1v) is 9.53. The van der Waals surface area contributed by atoms with E-state index < -0.39 is 13.9 Å². The molecule has 3 aromatic carbocycles. The molecule has 0 heterocycles. The zero-order valence-electron chi connectivity index (χ0n) is 13.7. The van der Waals surface area contributed by atoms with Crippen molar-refractivity contribution < 1.29 is 26.9 Å². The zero-order valence-corrected chi connectivity index (χ0v) is 16.3. The van der Waals surface area contributed by atoms with E-state index in [0.29, 0.717) is 6.42 Å². The number of aryl methyl sites for hydroxylation is 1. The minimum absolute atomic E-state index is 0. The van der Waals surface area contributed by atoms with E-state index >= 15 is 0 Å². The summed E-state index contributed by atoms with van der Waals surface area (Å²) in [5.41, 5.74) is 1.14. The average Bonchev–Trinajstić information content (AvgIpc) is 2.63. The molecule has 25 heavy (non-hydrogen) atoms. The van der Waals surface area contributed by atoms with Gasteiger partial charge in [0.25, 0.3) is 0 Å². The highest BCUT2D eigenvalue weighted by atomic mass is 79.9. The highest BCUT2D eigenvalue weighted by Gasteiger charge is 2.27. The quantitative estimate of drug-likeness (QED) is 0.585. The van der Waals surface area contributed by atoms with Crippen molar-refractivity contribution in [3.8, 4) is 0 Å². The van der Waals surface area contributed by atoms with E-state index in [0.717, 1.165) is 5.56 Å². The lowest BCUT2D eigenvalue weighted by Crippen LogP contribution is -3.00. The van der Waals surface area contributed by atoms with E-state index in [1.807, 2.05) is 18.2 Å². The number of rotatable bonds is 6. The van der Waals surface area contributed by atoms with E-state index in [9.17, 15) is 4.79 Å². The summed E-state index contributed by atoms with van der Waals surface area (Å²) in [6.07, 6.45) is 0.731. The number of benzene rings is 3. The van der Waals surface area contributed by atoms with Gasteiger partial charge in [0.15, 0.2) is 0 Å². The van der Waals surface area contributed by atoms with Gasteiger partial charge in [-0.25, -0.2) is 0 Å². The van der Waals surface area contributed by atoms with Gasteiger partial charge >= 0.3 is 5.97 Å². The Hall–Kier alpha value is -1.96. The third-order valence-corrected chi connectivity index (χ3v) is 6.87. The van der Waals surface area contributed by atoms with Gasteiger partial charge in [0, 0.05) is 6.42 Å². The number of hydrogen-bond acceptors (Lipinski definition) is 1. The molecule has 0 fully saturated rings. The molecule has 0 aliphatic rings. The first-order chi connectivity index (χ1) is 11.8. The molecule has 0 saturated heterocycles. The standard InChI is InChI=1S/C21H19O2P.BrH/c22-21(23)16-15-17-9-7-8-14-20(17)24(18-10-3-1-4-11-18)19-12-5-2-6-13-19;/h1-14H,15-16H2,(H,22,23);1H. The second-order valence-corrected chi connectivity index (χ2v) is 8.10. The predicted octanol–water partition coefficient (Wildman–Crippen LogP) is 0.198. The smallest absolute Gasteiger partial charge is 0.303 e. The predicted molar refractivity (Wildman–Crippen MR) is 102 cm³/mol. The Labute approximate surface area is 160 Å². The molecule has 128 valence electrons. The molecule has 3 rings (SSSR count). The van der Waals surface area contributed by atoms with Crippen molar-refractivity contribution in [2.45, 2.75) is 12.8 Å². The van der Waals surface area contributed by atoms with E-state index in [1.165, 1.54) is 15.9 Å². The third-order valence-electron chi connectivity index (χ3n) is 4.02. The van der Waals surface area contributed by atoms with Crippen LogP contribution in [-0.4, -0.2) is 11.1 Å². The van der Waals surface area contributed by atoms with Crippen molar-refractivity contribution >= 4 is 29.8 Å². The fourth-order valence-electron chi connectivity index (χ4n) is 2.91. The van der Waals surface area contributed by atoms with Crippen LogP contribution in [0.4, 0.5) is 0 Å². The highest BCUT2D eigenvalue weighted by molar-refractivity contribution is 7.79. The largest absolute Gasteiger partial charge is 1.00 e. The molecular formula is C21H20BrO2P. The van der Waals surface area contributed by atoms with Crippen molar-refractivity contribution in [2.75, 3.05) is 0 Å². The third kappa shape index (κ3) is 5.01. The monoisotopic (exact) mass is 414 g/mol. The Morgan fingerprint density at radius 3 is 1.76 bits per heavy atom. The zero-order chi connectivity index (χ0) is 16.8. The van der Waals surface area contributed by atoms with Crippen LogP contribution >= 0.6 is 7.92 Å². The molecule has 0 atom stereocenters. The molecule has 0 bridgehead atoms. The molecule has 0 radical (unpaired) electrons. The summed E-state index contributed by atoms with van der Waals surface area (Å²) in [5.74, 6) is -0.752. The minimum atomic E-state index is -1.15. The van der Waals surface area contributed by atoms with E-state index in [-0.39, 0.29) is 23.4 Å². The van der Waals surface area contributed by atoms with Crippen molar-refractivity contribution in [3.05, 3.63) is 90.5 Å². The lowest BCUT2D eigenvalue weighted by atomic mass is 10.1. The Kier molecular flexibility index (Phi) is 7.36. The van der Waals surface area contributed by atoms with Gasteiger partial charge in [0.2, 0.25) is 0 Å². The molecule has 1 N–H and O–H groups in total. The summed E-state index contributed by atoms with van der Waals surface area (Å²) in [5, 5.41) is 13.0. The van der Waals surface area contributed by atoms with Crippen LogP contribution in [0, 0.1) is 0 Å². The molecule has 0 aliphatic carbocycles. The molecule has 0 aromatic heterocycles. The van der Waals surface area contributed by atoms with Gasteiger partial charge in [0.05, 0.1) is 7.92 Å². The Morgan fingerprint density at radius 2 is 1.24 bits per heavy atom. The summed E-state index contributed by atoms with van der Waals surface area (Å²) in [4.78, 5) is 11.0. The molecule has 3 aromatic rings. The number of aliphatic carboxylic acids is 1. The average molecular weight is 415 g/mol. The highest BCUT2D eigenvalue weighted by Crippen LogP contribution is 2.34. The summed E-state index contributed by atoms with van der Waals surface area (Å²) in [7, 11) is -1.15. The topological polar surface area (TPSA) is 37.3 Å². The van der Waals surface area contributed by atoms with Gasteiger partial charge in [-0.15, -0.1) is 0 Å². The number of carbonyl (C=O) groups is 1. The van der Waals surface area contributed by atoms with Gasteiger partial charge in [-0.1, -0.05) is 54.6 Å². The Balaban J connectivity index is 0.00000225. The van der Waals surface area contributed by atoms with Crippen LogP contribution in [-0.2, 0) is 11.2 Å². The van der Waals surface area contributed by atoms with Gasteiger partial charge in [0.1, 0.15) is 15.9 Å². The molecule has 0 spiro atoms. The van der Waals surface area contributed by atoms with Crippen molar-refractivity contribution in [2.24, 2.45) is 0 Å². The van der Waals surface area contributed by atoms with Crippen molar-refractivity contribution in [3.63, 3.8) is 0 Å². The first-order valence-electron chi connectivity index (χ1n) is 8.03. The van der Waals surface area contributed by atoms with Gasteiger partial charge in [-0.05, 0) is 42.3 Å². The minimum Gasteiger partial charge on any atom is -1.00 e. The second kappa shape index (κ2) is 9.50. The summed E-state index contributed by atoms with van der Waals surface area (Å²) >= 11 is 0. The van der Waals surface area contributed by atoms with Crippen LogP contribution in [0.2, 0.25) is 0 Å². The lowest BCUT2D eigenvalue weighted by molar-refractivity contribution is -0.136. The van der Waals surface area contributed by atoms with Crippen LogP contribution in [0.5, 0.6) is 0 Å². The normalized spacial score (nSPS) is 10.3. The lowest BCUT2D eigenvalue weighted by Gasteiger charge is -2.14. The summed E-state index contributed by atoms with van der Waals surface area (Å²) < 4.78 is 0. The second-order valence-electron chi connectivity index (χ2n) is 5.66. The van der Waals surface area contributed by atoms with Gasteiger partial charge in [-0.3, -0.25) is 4.79 Å². The van der Waals surface area contributed by atoms with Crippen LogP contribution in [0.3, 0.4) is 0 Å². The van der Waals surface area contributed by atoms with Gasteiger partial charge in [-0.2, -0.15) is 0 Å². The van der Waals surface area contributed by atoms with Crippen LogP contribution < -0.4 is 32.9 Å². The number of carboxylic acid groups (broad SMARTS) is 1. The van der Waals surface area contributed by atoms with E-state index in [1.54, 1.807) is 0 Å². The fourth-order valence-corrected chi connectivity index (χ4v) is 5.71.